The zero-order valence-corrected chi connectivity index (χ0v) is 12.2. The maximum Gasteiger partial charge on any atom is -0.00202 e. The predicted octanol–water partition coefficient (Wildman–Crippen LogP) is 4.67. The molecular formula is C19H22. The van der Waals surface area contributed by atoms with Gasteiger partial charge in [0.15, 0.2) is 0 Å². The summed E-state index contributed by atoms with van der Waals surface area (Å²) in [5.74, 6) is 0. The van der Waals surface area contributed by atoms with Gasteiger partial charge in [-0.25, -0.2) is 0 Å². The van der Waals surface area contributed by atoms with Gasteiger partial charge in [-0.15, -0.1) is 0 Å². The van der Waals surface area contributed by atoms with E-state index in [1.54, 1.807) is 5.56 Å². The Balaban J connectivity index is 2.11. The first-order valence-corrected chi connectivity index (χ1v) is 7.24. The van der Waals surface area contributed by atoms with Gasteiger partial charge >= 0.3 is 0 Å². The van der Waals surface area contributed by atoms with Crippen molar-refractivity contribution < 1.29 is 0 Å². The van der Waals surface area contributed by atoms with Crippen LogP contribution >= 0.6 is 0 Å². The van der Waals surface area contributed by atoms with Crippen LogP contribution in [0.3, 0.4) is 0 Å². The van der Waals surface area contributed by atoms with Crippen molar-refractivity contribution in [1.82, 2.24) is 0 Å². The van der Waals surface area contributed by atoms with Gasteiger partial charge in [0, 0.05) is 0 Å². The summed E-state index contributed by atoms with van der Waals surface area (Å²) in [6.07, 6.45) is 3.45. The van der Waals surface area contributed by atoms with E-state index in [4.69, 9.17) is 0 Å². The van der Waals surface area contributed by atoms with Crippen molar-refractivity contribution in [1.29, 1.82) is 0 Å². The smallest absolute Gasteiger partial charge is 0.00202 e. The maximum atomic E-state index is 2.32. The van der Waals surface area contributed by atoms with Crippen molar-refractivity contribution in [2.24, 2.45) is 0 Å². The molecule has 0 unspecified atom stereocenters. The van der Waals surface area contributed by atoms with E-state index >= 15 is 0 Å². The van der Waals surface area contributed by atoms with Crippen LogP contribution in [0.1, 0.15) is 48.6 Å². The molecule has 98 valence electrons. The normalized spacial score (nSPS) is 14.5. The van der Waals surface area contributed by atoms with Crippen LogP contribution in [0.4, 0.5) is 0 Å². The molecule has 2 aromatic carbocycles. The van der Waals surface area contributed by atoms with Gasteiger partial charge in [0.05, 0.1) is 0 Å². The van der Waals surface area contributed by atoms with Crippen LogP contribution in [-0.2, 0) is 24.7 Å². The predicted molar refractivity (Wildman–Crippen MR) is 81.8 cm³/mol. The van der Waals surface area contributed by atoms with Gasteiger partial charge in [-0.1, -0.05) is 63.2 Å². The van der Waals surface area contributed by atoms with Crippen molar-refractivity contribution in [2.75, 3.05) is 0 Å². The zero-order chi connectivity index (χ0) is 13.5. The Kier molecular flexibility index (Phi) is 2.97. The number of benzene rings is 2. The molecule has 0 spiro atoms. The topological polar surface area (TPSA) is 0 Å². The summed E-state index contributed by atoms with van der Waals surface area (Å²) < 4.78 is 0. The fourth-order valence-corrected chi connectivity index (χ4v) is 3.24. The van der Waals surface area contributed by atoms with E-state index in [9.17, 15) is 0 Å². The molecule has 1 aliphatic carbocycles. The first kappa shape index (κ1) is 12.5. The molecule has 0 fully saturated rings. The lowest BCUT2D eigenvalue weighted by atomic mass is 9.81. The maximum absolute atomic E-state index is 2.32. The van der Waals surface area contributed by atoms with Crippen LogP contribution in [0.15, 0.2) is 42.5 Å². The minimum absolute atomic E-state index is 0.238. The molecule has 2 aromatic rings. The summed E-state index contributed by atoms with van der Waals surface area (Å²) in [5, 5.41) is 0. The highest BCUT2D eigenvalue weighted by Crippen LogP contribution is 2.32. The Morgan fingerprint density at radius 1 is 0.737 bits per heavy atom. The highest BCUT2D eigenvalue weighted by Gasteiger charge is 2.22. The number of fused-ring (bicyclic) bond motifs is 2. The zero-order valence-electron chi connectivity index (χ0n) is 12.2. The summed E-state index contributed by atoms with van der Waals surface area (Å²) in [7, 11) is 0. The van der Waals surface area contributed by atoms with E-state index in [0.29, 0.717) is 0 Å². The Morgan fingerprint density at radius 2 is 1.42 bits per heavy atom. The molecule has 0 saturated carbocycles. The molecular weight excluding hydrogens is 228 g/mol. The second-order valence-electron chi connectivity index (χ2n) is 6.64. The Labute approximate surface area is 116 Å². The highest BCUT2D eigenvalue weighted by atomic mass is 14.3. The molecule has 0 radical (unpaired) electrons. The number of aryl methyl sites for hydroxylation is 1. The van der Waals surface area contributed by atoms with Crippen molar-refractivity contribution in [3.8, 4) is 0 Å². The van der Waals surface area contributed by atoms with Gasteiger partial charge in [0.1, 0.15) is 0 Å². The quantitative estimate of drug-likeness (QED) is 0.637. The van der Waals surface area contributed by atoms with E-state index in [1.807, 2.05) is 0 Å². The summed E-state index contributed by atoms with van der Waals surface area (Å²) in [6, 6.07) is 15.8. The molecule has 0 atom stereocenters. The van der Waals surface area contributed by atoms with Gasteiger partial charge in [0.2, 0.25) is 0 Å². The first-order chi connectivity index (χ1) is 9.05. The van der Waals surface area contributed by atoms with Gasteiger partial charge in [-0.05, 0) is 52.5 Å². The highest BCUT2D eigenvalue weighted by molar-refractivity contribution is 5.45. The lowest BCUT2D eigenvalue weighted by Crippen LogP contribution is -2.15. The average molecular weight is 250 g/mol. The summed E-state index contributed by atoms with van der Waals surface area (Å²) in [6.45, 7) is 6.96. The molecule has 0 bridgehead atoms. The molecule has 0 N–H and O–H groups in total. The van der Waals surface area contributed by atoms with Crippen LogP contribution in [0.5, 0.6) is 0 Å². The van der Waals surface area contributed by atoms with Crippen LogP contribution < -0.4 is 0 Å². The molecule has 0 aliphatic heterocycles. The van der Waals surface area contributed by atoms with Crippen LogP contribution in [-0.4, -0.2) is 0 Å². The van der Waals surface area contributed by atoms with Crippen LogP contribution in [0.25, 0.3) is 0 Å². The van der Waals surface area contributed by atoms with Crippen molar-refractivity contribution in [2.45, 2.75) is 45.4 Å². The second kappa shape index (κ2) is 4.52. The minimum atomic E-state index is 0.238. The van der Waals surface area contributed by atoms with Gasteiger partial charge < -0.3 is 0 Å². The van der Waals surface area contributed by atoms with Crippen molar-refractivity contribution in [3.63, 3.8) is 0 Å². The minimum Gasteiger partial charge on any atom is -0.0620 e. The monoisotopic (exact) mass is 250 g/mol. The van der Waals surface area contributed by atoms with E-state index < -0.39 is 0 Å². The number of rotatable bonds is 0. The third-order valence-electron chi connectivity index (χ3n) is 4.22. The standard InChI is InChI=1S/C19H22/c1-19(2,3)18-10-6-9-16-13-15-8-5-4-7-14(15)11-12-17(16)18/h4-10H,11-13H2,1-3H3. The first-order valence-electron chi connectivity index (χ1n) is 7.24. The summed E-state index contributed by atoms with van der Waals surface area (Å²) >= 11 is 0. The third kappa shape index (κ3) is 2.32. The second-order valence-corrected chi connectivity index (χ2v) is 6.64. The molecule has 0 nitrogen and oxygen atoms in total. The average Bonchev–Trinajstić information content (AvgIpc) is 2.55. The van der Waals surface area contributed by atoms with Crippen molar-refractivity contribution in [3.05, 3.63) is 70.3 Å². The number of hydrogen-bond donors (Lipinski definition) is 0. The molecule has 3 rings (SSSR count). The van der Waals surface area contributed by atoms with Gasteiger partial charge in [0.25, 0.3) is 0 Å². The molecule has 0 amide bonds. The van der Waals surface area contributed by atoms with Crippen molar-refractivity contribution >= 4 is 0 Å². The van der Waals surface area contributed by atoms with E-state index in [1.165, 1.54) is 35.1 Å². The van der Waals surface area contributed by atoms with E-state index in [2.05, 4.69) is 63.2 Å². The fraction of sp³-hybridized carbons (Fsp3) is 0.368. The van der Waals surface area contributed by atoms with Gasteiger partial charge in [-0.3, -0.25) is 0 Å². The Morgan fingerprint density at radius 3 is 2.16 bits per heavy atom. The molecule has 19 heavy (non-hydrogen) atoms. The lowest BCUT2D eigenvalue weighted by Gasteiger charge is -2.24. The summed E-state index contributed by atoms with van der Waals surface area (Å²) in [4.78, 5) is 0. The fourth-order valence-electron chi connectivity index (χ4n) is 3.24. The Hall–Kier alpha value is -1.56. The van der Waals surface area contributed by atoms with Gasteiger partial charge in [-0.2, -0.15) is 0 Å². The van der Waals surface area contributed by atoms with Crippen LogP contribution in [0, 0.1) is 0 Å². The molecule has 0 heterocycles. The largest absolute Gasteiger partial charge is 0.0620 e. The molecule has 0 aromatic heterocycles. The molecule has 0 heteroatoms. The lowest BCUT2D eigenvalue weighted by molar-refractivity contribution is 0.581. The Bertz CT molecular complexity index is 600. The molecule has 0 saturated heterocycles. The summed E-state index contributed by atoms with van der Waals surface area (Å²) in [5.41, 5.74) is 7.91. The number of hydrogen-bond acceptors (Lipinski definition) is 0. The van der Waals surface area contributed by atoms with Crippen LogP contribution in [0.2, 0.25) is 0 Å². The van der Waals surface area contributed by atoms with E-state index in [0.717, 1.165) is 6.42 Å². The third-order valence-corrected chi connectivity index (χ3v) is 4.22. The van der Waals surface area contributed by atoms with E-state index in [-0.39, 0.29) is 5.41 Å². The SMILES string of the molecule is CC(C)(C)c1cccc2c1CCc1ccccc1C2. The molecule has 1 aliphatic rings.